The van der Waals surface area contributed by atoms with Crippen molar-refractivity contribution in [2.24, 2.45) is 23.7 Å². The van der Waals surface area contributed by atoms with E-state index < -0.39 is 18.3 Å². The monoisotopic (exact) mass is 816 g/mol. The van der Waals surface area contributed by atoms with E-state index in [2.05, 4.69) is 39.1 Å². The number of methoxy groups -OCH3 is 3. The molecule has 1 N–H and O–H groups in total. The summed E-state index contributed by atoms with van der Waals surface area (Å²) in [5.74, 6) is -0.365. The molecular weight excluding hydrogens is 749 g/mol. The first-order chi connectivity index (χ1) is 27.4. The first kappa shape index (κ1) is 43.3. The zero-order chi connectivity index (χ0) is 40.7. The van der Waals surface area contributed by atoms with Gasteiger partial charge in [0.25, 0.3) is 0 Å². The van der Waals surface area contributed by atoms with Gasteiger partial charge in [-0.2, -0.15) is 0 Å². The molecule has 3 aliphatic carbocycles. The van der Waals surface area contributed by atoms with Gasteiger partial charge in [-0.05, 0) is 89.7 Å². The van der Waals surface area contributed by atoms with Crippen LogP contribution >= 0.6 is 11.3 Å². The molecule has 320 valence electrons. The largest absolute Gasteiger partial charge is 0.462 e. The van der Waals surface area contributed by atoms with Crippen LogP contribution in [0.5, 0.6) is 0 Å². The Hall–Kier alpha value is -1.81. The number of cyclic esters (lactones) is 1. The standard InChI is InChI=1S/C44H68N2O10S/c1-11-25-13-12-14-33(56-35-16-15-32(45-7)23(5)52-35)22(4)38(48)30-19-28-27-17-26(55-44-41(51-10)40(50-9)39(49-8)24(6)53-44)18-31(27)42-37(46-43(57-42)21(2)3)36(28)29(30)20-34(47)54-25/h19,21-29,31-33,35-36,39-41,44-45H,11-18,20H2,1-10H3/t22-,23?,24?,25+,26+,27+,28+,29-,31?,32+,33+,35+,36?,39+,40?,41?,44+/m1/s1. The summed E-state index contributed by atoms with van der Waals surface area (Å²) in [5, 5.41) is 4.44. The summed E-state index contributed by atoms with van der Waals surface area (Å²) in [5.41, 5.74) is 1.78. The predicted octanol–water partition coefficient (Wildman–Crippen LogP) is 6.80. The summed E-state index contributed by atoms with van der Waals surface area (Å²) in [7, 11) is 6.96. The minimum atomic E-state index is -0.632. The number of thiazole rings is 1. The molecule has 0 spiro atoms. The lowest BCUT2D eigenvalue weighted by Gasteiger charge is -2.44. The molecule has 1 aromatic rings. The summed E-state index contributed by atoms with van der Waals surface area (Å²) in [6, 6.07) is 0.273. The molecule has 1 aromatic heterocycles. The van der Waals surface area contributed by atoms with Crippen molar-refractivity contribution in [1.82, 2.24) is 10.3 Å². The van der Waals surface area contributed by atoms with Gasteiger partial charge < -0.3 is 43.2 Å². The maximum Gasteiger partial charge on any atom is 0.306 e. The predicted molar refractivity (Wildman–Crippen MR) is 215 cm³/mol. The molecule has 6 unspecified atom stereocenters. The van der Waals surface area contributed by atoms with Gasteiger partial charge in [0.1, 0.15) is 24.4 Å². The second kappa shape index (κ2) is 18.4. The number of ether oxygens (including phenoxy) is 8. The number of hydrogen-bond donors (Lipinski definition) is 1. The molecule has 0 amide bonds. The number of esters is 1. The smallest absolute Gasteiger partial charge is 0.306 e. The zero-order valence-corrected chi connectivity index (χ0v) is 36.6. The van der Waals surface area contributed by atoms with Crippen LogP contribution in [0.2, 0.25) is 0 Å². The SMILES string of the molecule is CC[C@H]1CCC[C@H](O[C@H]2CC[C@H](NC)C(C)O2)[C@@H](C)C(=O)C2=C[C@@H]3C(c4nc(C(C)C)sc4C4C[C@@H](O[C@@H]5OC(C)[C@H](OC)C(OC)C5OC)C[C@H]43)[C@@H]2CC(=O)O1. The molecule has 13 heteroatoms. The number of ketones is 1. The molecule has 0 radical (unpaired) electrons. The number of carbonyl (C=O) groups is 2. The lowest BCUT2D eigenvalue weighted by Crippen LogP contribution is -2.59. The lowest BCUT2D eigenvalue weighted by molar-refractivity contribution is -0.314. The number of rotatable bonds is 10. The van der Waals surface area contributed by atoms with Crippen LogP contribution in [-0.2, 0) is 47.5 Å². The third kappa shape index (κ3) is 8.58. The topological polar surface area (TPSA) is 133 Å². The minimum Gasteiger partial charge on any atom is -0.462 e. The highest BCUT2D eigenvalue weighted by Crippen LogP contribution is 2.62. The average molecular weight is 817 g/mol. The number of Topliss-reactive ketones (excluding diaryl/α,β-unsaturated/α-hetero) is 1. The summed E-state index contributed by atoms with van der Waals surface area (Å²) >= 11 is 1.80. The van der Waals surface area contributed by atoms with Crippen molar-refractivity contribution in [2.75, 3.05) is 28.4 Å². The van der Waals surface area contributed by atoms with Crippen molar-refractivity contribution in [3.63, 3.8) is 0 Å². The fraction of sp³-hybridized carbons (Fsp3) is 0.841. The van der Waals surface area contributed by atoms with Gasteiger partial charge in [0, 0.05) is 61.8 Å². The van der Waals surface area contributed by atoms with Gasteiger partial charge in [-0.3, -0.25) is 9.59 Å². The second-order valence-electron chi connectivity index (χ2n) is 17.8. The molecule has 12 nitrogen and oxygen atoms in total. The Labute approximate surface area is 343 Å². The maximum atomic E-state index is 15.0. The first-order valence-corrected chi connectivity index (χ1v) is 22.6. The molecule has 3 aliphatic heterocycles. The van der Waals surface area contributed by atoms with Gasteiger partial charge in [-0.25, -0.2) is 4.98 Å². The van der Waals surface area contributed by atoms with E-state index in [9.17, 15) is 4.79 Å². The van der Waals surface area contributed by atoms with E-state index in [1.165, 1.54) is 4.88 Å². The van der Waals surface area contributed by atoms with Gasteiger partial charge in [0.2, 0.25) is 0 Å². The summed E-state index contributed by atoms with van der Waals surface area (Å²) in [6.45, 7) is 12.5. The Morgan fingerprint density at radius 2 is 1.67 bits per heavy atom. The van der Waals surface area contributed by atoms with Crippen molar-refractivity contribution in [3.05, 3.63) is 27.2 Å². The van der Waals surface area contributed by atoms with Crippen LogP contribution in [0.15, 0.2) is 11.6 Å². The number of allylic oxidation sites excluding steroid dienone is 2. The molecule has 0 aromatic carbocycles. The van der Waals surface area contributed by atoms with Crippen LogP contribution < -0.4 is 5.32 Å². The van der Waals surface area contributed by atoms with Crippen molar-refractivity contribution in [1.29, 1.82) is 0 Å². The summed E-state index contributed by atoms with van der Waals surface area (Å²) < 4.78 is 50.2. The molecule has 17 atom stereocenters. The van der Waals surface area contributed by atoms with E-state index in [0.717, 1.165) is 61.2 Å². The van der Waals surface area contributed by atoms with Crippen LogP contribution in [0.1, 0.15) is 133 Å². The normalized spacial score (nSPS) is 42.6. The Bertz CT molecular complexity index is 1590. The molecule has 7 rings (SSSR count). The summed E-state index contributed by atoms with van der Waals surface area (Å²) in [6.07, 6.45) is 5.65. The van der Waals surface area contributed by atoms with E-state index in [-0.39, 0.29) is 109 Å². The van der Waals surface area contributed by atoms with Crippen LogP contribution in [0.25, 0.3) is 0 Å². The van der Waals surface area contributed by atoms with Gasteiger partial charge in [-0.1, -0.05) is 33.8 Å². The Kier molecular flexibility index (Phi) is 14.0. The van der Waals surface area contributed by atoms with Crippen LogP contribution in [0.4, 0.5) is 0 Å². The molecule has 6 aliphatic rings. The highest BCUT2D eigenvalue weighted by atomic mass is 32.1. The molecule has 4 heterocycles. The van der Waals surface area contributed by atoms with E-state index >= 15 is 4.79 Å². The number of likely N-dealkylation sites (N-methyl/N-ethyl adjacent to an activating group) is 1. The quantitative estimate of drug-likeness (QED) is 0.249. The van der Waals surface area contributed by atoms with Gasteiger partial charge in [-0.15, -0.1) is 11.3 Å². The van der Waals surface area contributed by atoms with E-state index in [1.807, 2.05) is 20.9 Å². The Morgan fingerprint density at radius 1 is 0.912 bits per heavy atom. The molecule has 1 saturated carbocycles. The summed E-state index contributed by atoms with van der Waals surface area (Å²) in [4.78, 5) is 35.6. The van der Waals surface area contributed by atoms with Crippen molar-refractivity contribution >= 4 is 23.1 Å². The van der Waals surface area contributed by atoms with Crippen LogP contribution in [0, 0.1) is 23.7 Å². The fourth-order valence-corrected chi connectivity index (χ4v) is 12.4. The van der Waals surface area contributed by atoms with Crippen molar-refractivity contribution in [3.8, 4) is 0 Å². The second-order valence-corrected chi connectivity index (χ2v) is 18.9. The molecule has 57 heavy (non-hydrogen) atoms. The van der Waals surface area contributed by atoms with Gasteiger partial charge >= 0.3 is 5.97 Å². The van der Waals surface area contributed by atoms with E-state index in [1.54, 1.807) is 32.7 Å². The number of aromatic nitrogens is 1. The number of fused-ring (bicyclic) bond motifs is 8. The average Bonchev–Trinajstić information content (AvgIpc) is 3.91. The van der Waals surface area contributed by atoms with E-state index in [0.29, 0.717) is 6.42 Å². The third-order valence-corrected chi connectivity index (χ3v) is 15.7. The van der Waals surface area contributed by atoms with Gasteiger partial charge in [0.05, 0.1) is 41.5 Å². The van der Waals surface area contributed by atoms with Gasteiger partial charge in [0.15, 0.2) is 18.4 Å². The van der Waals surface area contributed by atoms with Crippen molar-refractivity contribution < 1.29 is 47.5 Å². The molecule has 3 saturated heterocycles. The highest BCUT2D eigenvalue weighted by molar-refractivity contribution is 7.12. The lowest BCUT2D eigenvalue weighted by atomic mass is 9.67. The van der Waals surface area contributed by atoms with Crippen LogP contribution in [-0.4, -0.2) is 113 Å². The third-order valence-electron chi connectivity index (χ3n) is 14.2. The number of nitrogens with one attached hydrogen (secondary N) is 1. The highest BCUT2D eigenvalue weighted by Gasteiger charge is 2.57. The van der Waals surface area contributed by atoms with Crippen molar-refractivity contribution in [2.45, 2.75) is 185 Å². The Balaban J connectivity index is 1.21. The van der Waals surface area contributed by atoms with Crippen LogP contribution in [0.3, 0.4) is 0 Å². The minimum absolute atomic E-state index is 0.00673. The fourth-order valence-electron chi connectivity index (χ4n) is 11.0. The zero-order valence-electron chi connectivity index (χ0n) is 35.8. The molecule has 0 bridgehead atoms. The number of hydrogen-bond acceptors (Lipinski definition) is 13. The molecular formula is C44H68N2O10S. The Morgan fingerprint density at radius 3 is 2.33 bits per heavy atom. The number of carbonyl (C=O) groups excluding carboxylic acids is 2. The first-order valence-electron chi connectivity index (χ1n) is 21.7. The molecule has 4 fully saturated rings. The number of nitrogens with zero attached hydrogens (tertiary/aromatic N) is 1. The maximum absolute atomic E-state index is 15.0. The van der Waals surface area contributed by atoms with E-state index in [4.69, 9.17) is 42.9 Å².